The van der Waals surface area contributed by atoms with E-state index in [0.717, 1.165) is 17.7 Å². The Morgan fingerprint density at radius 2 is 2.04 bits per heavy atom. The van der Waals surface area contributed by atoms with Crippen LogP contribution in [0.25, 0.3) is 0 Å². The third-order valence-corrected chi connectivity index (χ3v) is 4.07. The number of unbranched alkanes of at least 4 members (excludes halogenated alkanes) is 1. The number of para-hydroxylation sites is 2. The van der Waals surface area contributed by atoms with Crippen LogP contribution in [0, 0.1) is 0 Å². The van der Waals surface area contributed by atoms with Crippen molar-refractivity contribution in [2.45, 2.75) is 38.4 Å². The molecule has 1 aliphatic rings. The highest BCUT2D eigenvalue weighted by Gasteiger charge is 2.48. The molecule has 25 heavy (non-hydrogen) atoms. The van der Waals surface area contributed by atoms with Gasteiger partial charge in [-0.2, -0.15) is 13.2 Å². The van der Waals surface area contributed by atoms with Gasteiger partial charge in [0.25, 0.3) is 0 Å². The van der Waals surface area contributed by atoms with Gasteiger partial charge in [-0.15, -0.1) is 0 Å². The number of halogens is 3. The summed E-state index contributed by atoms with van der Waals surface area (Å²) < 4.78 is 40.7. The summed E-state index contributed by atoms with van der Waals surface area (Å²) >= 11 is 0. The van der Waals surface area contributed by atoms with E-state index in [1.54, 1.807) is 24.1 Å². The van der Waals surface area contributed by atoms with Gasteiger partial charge in [-0.25, -0.2) is 0 Å². The van der Waals surface area contributed by atoms with Crippen molar-refractivity contribution in [3.63, 3.8) is 0 Å². The first-order valence-corrected chi connectivity index (χ1v) is 8.20. The summed E-state index contributed by atoms with van der Waals surface area (Å²) in [4.78, 5) is 27.0. The monoisotopic (exact) mass is 357 g/mol. The van der Waals surface area contributed by atoms with Gasteiger partial charge in [-0.05, 0) is 32.1 Å². The average molecular weight is 357 g/mol. The summed E-state index contributed by atoms with van der Waals surface area (Å²) in [6, 6.07) is 3.88. The number of carbonyl (C=O) groups is 2. The fraction of sp³-hybridized carbons (Fsp3) is 0.529. The van der Waals surface area contributed by atoms with Crippen molar-refractivity contribution < 1.29 is 22.8 Å². The lowest BCUT2D eigenvalue weighted by Gasteiger charge is -2.33. The van der Waals surface area contributed by atoms with E-state index in [1.165, 1.54) is 12.1 Å². The van der Waals surface area contributed by atoms with Crippen LogP contribution >= 0.6 is 0 Å². The van der Waals surface area contributed by atoms with Gasteiger partial charge in [0.2, 0.25) is 11.8 Å². The van der Waals surface area contributed by atoms with Gasteiger partial charge in [0, 0.05) is 0 Å². The number of hydrogen-bond acceptors (Lipinski definition) is 3. The van der Waals surface area contributed by atoms with Crippen LogP contribution in [-0.4, -0.2) is 49.1 Å². The summed E-state index contributed by atoms with van der Waals surface area (Å²) in [6.07, 6.45) is -3.74. The molecule has 2 rings (SSSR count). The quantitative estimate of drug-likeness (QED) is 0.881. The molecule has 1 atom stereocenters. The zero-order valence-corrected chi connectivity index (χ0v) is 14.3. The molecule has 5 nitrogen and oxygen atoms in total. The highest BCUT2D eigenvalue weighted by Crippen LogP contribution is 2.37. The molecule has 0 spiro atoms. The molecule has 2 amide bonds. The fourth-order valence-electron chi connectivity index (χ4n) is 2.81. The van der Waals surface area contributed by atoms with Crippen LogP contribution in [0.5, 0.6) is 0 Å². The molecule has 0 saturated carbocycles. The van der Waals surface area contributed by atoms with E-state index < -0.39 is 30.5 Å². The fourth-order valence-corrected chi connectivity index (χ4v) is 2.81. The van der Waals surface area contributed by atoms with Gasteiger partial charge in [0.15, 0.2) is 0 Å². The van der Waals surface area contributed by atoms with Crippen molar-refractivity contribution in [2.75, 3.05) is 30.4 Å². The molecular weight excluding hydrogens is 335 g/mol. The first-order chi connectivity index (χ1) is 11.7. The number of likely N-dealkylation sites (N-methyl/N-ethyl adjacent to an activating group) is 1. The molecule has 8 heteroatoms. The Morgan fingerprint density at radius 1 is 1.36 bits per heavy atom. The Kier molecular flexibility index (Phi) is 6.05. The van der Waals surface area contributed by atoms with Crippen LogP contribution in [0.4, 0.5) is 24.5 Å². The number of amides is 2. The standard InChI is InChI=1S/C17H22F3N3O2/c1-3-4-9-22(2)11-16(25)23-13-8-6-5-7-12(13)21-15(24)10-14(23)17(18,19)20/h5-8,14H,3-4,9-11H2,1-2H3,(H,21,24). The normalized spacial score (nSPS) is 17.9. The number of benzene rings is 1. The second-order valence-corrected chi connectivity index (χ2v) is 6.18. The Labute approximate surface area is 144 Å². The zero-order chi connectivity index (χ0) is 18.6. The SMILES string of the molecule is CCCCN(C)CC(=O)N1c2ccccc2NC(=O)CC1C(F)(F)F. The van der Waals surface area contributed by atoms with Crippen molar-refractivity contribution in [1.82, 2.24) is 4.90 Å². The molecule has 1 aromatic rings. The first kappa shape index (κ1) is 19.2. The minimum Gasteiger partial charge on any atom is -0.324 e. The van der Waals surface area contributed by atoms with Crippen molar-refractivity contribution in [2.24, 2.45) is 0 Å². The second kappa shape index (κ2) is 7.86. The molecule has 138 valence electrons. The van der Waals surface area contributed by atoms with E-state index in [0.29, 0.717) is 6.54 Å². The minimum atomic E-state index is -4.70. The lowest BCUT2D eigenvalue weighted by Crippen LogP contribution is -2.52. The van der Waals surface area contributed by atoms with E-state index in [-0.39, 0.29) is 17.9 Å². The van der Waals surface area contributed by atoms with Crippen molar-refractivity contribution in [1.29, 1.82) is 0 Å². The van der Waals surface area contributed by atoms with Crippen molar-refractivity contribution >= 4 is 23.2 Å². The highest BCUT2D eigenvalue weighted by atomic mass is 19.4. The molecule has 0 radical (unpaired) electrons. The smallest absolute Gasteiger partial charge is 0.324 e. The van der Waals surface area contributed by atoms with Crippen LogP contribution in [0.3, 0.4) is 0 Å². The molecule has 0 aliphatic carbocycles. The third-order valence-electron chi connectivity index (χ3n) is 4.07. The molecule has 1 aliphatic heterocycles. The largest absolute Gasteiger partial charge is 0.409 e. The molecule has 0 saturated heterocycles. The molecule has 0 aromatic heterocycles. The summed E-state index contributed by atoms with van der Waals surface area (Å²) in [5.41, 5.74) is 0.286. The van der Waals surface area contributed by atoms with Gasteiger partial charge in [-0.3, -0.25) is 19.4 Å². The van der Waals surface area contributed by atoms with Gasteiger partial charge in [0.1, 0.15) is 6.04 Å². The lowest BCUT2D eigenvalue weighted by molar-refractivity contribution is -0.158. The number of carbonyl (C=O) groups excluding carboxylic acids is 2. The number of nitrogens with zero attached hydrogens (tertiary/aromatic N) is 2. The van der Waals surface area contributed by atoms with Gasteiger partial charge < -0.3 is 5.32 Å². The number of alkyl halides is 3. The average Bonchev–Trinajstić information content (AvgIpc) is 2.68. The highest BCUT2D eigenvalue weighted by molar-refractivity contribution is 6.05. The van der Waals surface area contributed by atoms with Gasteiger partial charge >= 0.3 is 6.18 Å². The maximum absolute atomic E-state index is 13.6. The Bertz CT molecular complexity index is 634. The number of nitrogens with one attached hydrogen (secondary N) is 1. The Hall–Kier alpha value is -2.09. The topological polar surface area (TPSA) is 52.7 Å². The van der Waals surface area contributed by atoms with E-state index in [1.807, 2.05) is 6.92 Å². The summed E-state index contributed by atoms with van der Waals surface area (Å²) in [5.74, 6) is -1.44. The number of fused-ring (bicyclic) bond motifs is 1. The van der Waals surface area contributed by atoms with Crippen molar-refractivity contribution in [3.05, 3.63) is 24.3 Å². The van der Waals surface area contributed by atoms with Gasteiger partial charge in [-0.1, -0.05) is 25.5 Å². The minimum absolute atomic E-state index is 0.0737. The number of anilines is 2. The van der Waals surface area contributed by atoms with Crippen LogP contribution in [-0.2, 0) is 9.59 Å². The predicted octanol–water partition coefficient (Wildman–Crippen LogP) is 3.02. The molecule has 1 unspecified atom stereocenters. The van der Waals surface area contributed by atoms with Crippen LogP contribution < -0.4 is 10.2 Å². The first-order valence-electron chi connectivity index (χ1n) is 8.20. The van der Waals surface area contributed by atoms with Crippen LogP contribution in [0.1, 0.15) is 26.2 Å². The molecule has 1 heterocycles. The zero-order valence-electron chi connectivity index (χ0n) is 14.3. The Balaban J connectivity index is 2.37. The molecular formula is C17H22F3N3O2. The molecule has 0 bridgehead atoms. The van der Waals surface area contributed by atoms with E-state index >= 15 is 0 Å². The van der Waals surface area contributed by atoms with Gasteiger partial charge in [0.05, 0.1) is 24.3 Å². The summed E-state index contributed by atoms with van der Waals surface area (Å²) in [7, 11) is 1.70. The maximum atomic E-state index is 13.6. The molecule has 1 N–H and O–H groups in total. The summed E-state index contributed by atoms with van der Waals surface area (Å²) in [5, 5.41) is 2.45. The van der Waals surface area contributed by atoms with Crippen molar-refractivity contribution in [3.8, 4) is 0 Å². The third kappa shape index (κ3) is 4.72. The van der Waals surface area contributed by atoms with Crippen LogP contribution in [0.15, 0.2) is 24.3 Å². The maximum Gasteiger partial charge on any atom is 0.409 e. The lowest BCUT2D eigenvalue weighted by atomic mass is 10.1. The number of hydrogen-bond donors (Lipinski definition) is 1. The predicted molar refractivity (Wildman–Crippen MR) is 89.4 cm³/mol. The second-order valence-electron chi connectivity index (χ2n) is 6.18. The Morgan fingerprint density at radius 3 is 2.68 bits per heavy atom. The number of rotatable bonds is 5. The molecule has 0 fully saturated rings. The van der Waals surface area contributed by atoms with E-state index in [4.69, 9.17) is 0 Å². The van der Waals surface area contributed by atoms with E-state index in [2.05, 4.69) is 5.32 Å². The van der Waals surface area contributed by atoms with Crippen LogP contribution in [0.2, 0.25) is 0 Å². The van der Waals surface area contributed by atoms with E-state index in [9.17, 15) is 22.8 Å². The summed E-state index contributed by atoms with van der Waals surface area (Å²) in [6.45, 7) is 2.47. The molecule has 1 aromatic carbocycles.